The van der Waals surface area contributed by atoms with Crippen LogP contribution in [-0.2, 0) is 0 Å². The third-order valence-electron chi connectivity index (χ3n) is 1.68. The van der Waals surface area contributed by atoms with Crippen LogP contribution in [0.2, 0.25) is 0 Å². The molecule has 0 bridgehead atoms. The molecule has 0 saturated carbocycles. The van der Waals surface area contributed by atoms with Crippen molar-refractivity contribution in [3.05, 3.63) is 0 Å². The van der Waals surface area contributed by atoms with Gasteiger partial charge in [0.1, 0.15) is 6.23 Å². The second-order valence-corrected chi connectivity index (χ2v) is 2.80. The monoisotopic (exact) mass is 176 g/mol. The van der Waals surface area contributed by atoms with E-state index in [2.05, 4.69) is 0 Å². The first-order chi connectivity index (χ1) is 5.70. The van der Waals surface area contributed by atoms with Gasteiger partial charge in [0.15, 0.2) is 0 Å². The summed E-state index contributed by atoms with van der Waals surface area (Å²) in [4.78, 5) is 2.02. The summed E-state index contributed by atoms with van der Waals surface area (Å²) in [5, 5.41) is 8.81. The van der Waals surface area contributed by atoms with Crippen LogP contribution < -0.4 is 17.2 Å². The van der Waals surface area contributed by atoms with Crippen molar-refractivity contribution in [2.24, 2.45) is 17.2 Å². The van der Waals surface area contributed by atoms with Crippen molar-refractivity contribution < 1.29 is 5.11 Å². The van der Waals surface area contributed by atoms with Gasteiger partial charge in [-0.2, -0.15) is 0 Å². The van der Waals surface area contributed by atoms with Crippen LogP contribution in [0.15, 0.2) is 0 Å². The van der Waals surface area contributed by atoms with Gasteiger partial charge in [0.25, 0.3) is 0 Å². The number of aliphatic hydroxyl groups excluding tert-OH is 1. The summed E-state index contributed by atoms with van der Waals surface area (Å²) in [6.45, 7) is 2.77. The van der Waals surface area contributed by atoms with E-state index in [1.807, 2.05) is 4.90 Å². The van der Waals surface area contributed by atoms with Gasteiger partial charge in [-0.25, -0.2) is 0 Å². The van der Waals surface area contributed by atoms with Crippen molar-refractivity contribution in [2.75, 3.05) is 26.3 Å². The maximum Gasteiger partial charge on any atom is 0.103 e. The van der Waals surface area contributed by atoms with Gasteiger partial charge in [-0.05, 0) is 19.4 Å². The van der Waals surface area contributed by atoms with E-state index in [9.17, 15) is 0 Å². The maximum atomic E-state index is 8.81. The molecule has 0 aromatic carbocycles. The molecule has 12 heavy (non-hydrogen) atoms. The standard InChI is InChI=1S/C7H20N4O/c8-3-1-4-11(6-9)5-2-7(10)12/h7,12H,1-6,8-10H2. The van der Waals surface area contributed by atoms with Gasteiger partial charge in [0.2, 0.25) is 0 Å². The molecule has 7 N–H and O–H groups in total. The third-order valence-corrected chi connectivity index (χ3v) is 1.68. The molecule has 0 aliphatic heterocycles. The van der Waals surface area contributed by atoms with E-state index < -0.39 is 6.23 Å². The molecule has 0 spiro atoms. The second kappa shape index (κ2) is 7.45. The van der Waals surface area contributed by atoms with Gasteiger partial charge in [-0.3, -0.25) is 4.90 Å². The molecule has 0 aliphatic carbocycles. The predicted octanol–water partition coefficient (Wildman–Crippen LogP) is -1.78. The Labute approximate surface area is 73.5 Å². The number of hydrogen-bond acceptors (Lipinski definition) is 5. The number of rotatable bonds is 7. The minimum Gasteiger partial charge on any atom is -0.379 e. The van der Waals surface area contributed by atoms with Gasteiger partial charge in [0.05, 0.1) is 0 Å². The van der Waals surface area contributed by atoms with Crippen LogP contribution in [0.25, 0.3) is 0 Å². The Morgan fingerprint density at radius 2 is 1.92 bits per heavy atom. The Morgan fingerprint density at radius 3 is 2.33 bits per heavy atom. The van der Waals surface area contributed by atoms with Gasteiger partial charge < -0.3 is 22.3 Å². The van der Waals surface area contributed by atoms with Crippen molar-refractivity contribution in [2.45, 2.75) is 19.1 Å². The molecule has 0 heterocycles. The van der Waals surface area contributed by atoms with Gasteiger partial charge in [-0.15, -0.1) is 0 Å². The highest BCUT2D eigenvalue weighted by Crippen LogP contribution is 1.92. The first-order valence-electron chi connectivity index (χ1n) is 4.26. The van der Waals surface area contributed by atoms with Crippen molar-refractivity contribution in [3.8, 4) is 0 Å². The largest absolute Gasteiger partial charge is 0.379 e. The molecule has 0 aromatic rings. The Balaban J connectivity index is 3.39. The van der Waals surface area contributed by atoms with E-state index in [1.54, 1.807) is 0 Å². The zero-order valence-electron chi connectivity index (χ0n) is 7.45. The zero-order chi connectivity index (χ0) is 9.40. The highest BCUT2D eigenvalue weighted by atomic mass is 16.3. The average molecular weight is 176 g/mol. The van der Waals surface area contributed by atoms with Crippen LogP contribution in [-0.4, -0.2) is 42.5 Å². The summed E-state index contributed by atoms with van der Waals surface area (Å²) in [5.74, 6) is 0. The van der Waals surface area contributed by atoms with Gasteiger partial charge in [0, 0.05) is 19.8 Å². The first kappa shape index (κ1) is 11.8. The molecular formula is C7H20N4O. The fourth-order valence-electron chi connectivity index (χ4n) is 0.924. The lowest BCUT2D eigenvalue weighted by molar-refractivity contribution is 0.147. The van der Waals surface area contributed by atoms with Crippen LogP contribution in [0.4, 0.5) is 0 Å². The Kier molecular flexibility index (Phi) is 7.33. The summed E-state index contributed by atoms with van der Waals surface area (Å²) in [6, 6.07) is 0. The van der Waals surface area contributed by atoms with Crippen LogP contribution >= 0.6 is 0 Å². The smallest absolute Gasteiger partial charge is 0.103 e. The number of aliphatic hydroxyl groups is 1. The lowest BCUT2D eigenvalue weighted by Gasteiger charge is -2.20. The van der Waals surface area contributed by atoms with E-state index in [1.165, 1.54) is 0 Å². The van der Waals surface area contributed by atoms with Gasteiger partial charge >= 0.3 is 0 Å². The molecular weight excluding hydrogens is 156 g/mol. The first-order valence-corrected chi connectivity index (χ1v) is 4.26. The quantitative estimate of drug-likeness (QED) is 0.344. The van der Waals surface area contributed by atoms with Crippen molar-refractivity contribution in [3.63, 3.8) is 0 Å². The molecule has 0 aromatic heterocycles. The second-order valence-electron chi connectivity index (χ2n) is 2.80. The topological polar surface area (TPSA) is 102 Å². The summed E-state index contributed by atoms with van der Waals surface area (Å²) < 4.78 is 0. The fourth-order valence-corrected chi connectivity index (χ4v) is 0.924. The lowest BCUT2D eigenvalue weighted by atomic mass is 10.3. The Morgan fingerprint density at radius 1 is 1.25 bits per heavy atom. The molecule has 0 saturated heterocycles. The van der Waals surface area contributed by atoms with E-state index in [0.29, 0.717) is 19.6 Å². The molecule has 5 nitrogen and oxygen atoms in total. The van der Waals surface area contributed by atoms with E-state index >= 15 is 0 Å². The van der Waals surface area contributed by atoms with Crippen molar-refractivity contribution in [1.82, 2.24) is 4.90 Å². The summed E-state index contributed by atoms with van der Waals surface area (Å²) in [7, 11) is 0. The fraction of sp³-hybridized carbons (Fsp3) is 1.00. The lowest BCUT2D eigenvalue weighted by Crippen LogP contribution is -2.35. The van der Waals surface area contributed by atoms with Gasteiger partial charge in [-0.1, -0.05) is 0 Å². The molecule has 74 valence electrons. The predicted molar refractivity (Wildman–Crippen MR) is 49.1 cm³/mol. The highest BCUT2D eigenvalue weighted by molar-refractivity contribution is 4.57. The van der Waals surface area contributed by atoms with E-state index in [-0.39, 0.29) is 0 Å². The summed E-state index contributed by atoms with van der Waals surface area (Å²) >= 11 is 0. The highest BCUT2D eigenvalue weighted by Gasteiger charge is 2.03. The molecule has 1 atom stereocenters. The van der Waals surface area contributed by atoms with Crippen LogP contribution in [0.3, 0.4) is 0 Å². The Hall–Kier alpha value is -0.200. The van der Waals surface area contributed by atoms with E-state index in [4.69, 9.17) is 22.3 Å². The van der Waals surface area contributed by atoms with E-state index in [0.717, 1.165) is 19.5 Å². The number of nitrogens with zero attached hydrogens (tertiary/aromatic N) is 1. The number of nitrogens with two attached hydrogens (primary N) is 3. The molecule has 0 fully saturated rings. The average Bonchev–Trinajstić information content (AvgIpc) is 2.05. The molecule has 0 aliphatic rings. The molecule has 0 radical (unpaired) electrons. The maximum absolute atomic E-state index is 8.81. The minimum atomic E-state index is -0.739. The molecule has 0 amide bonds. The normalized spacial score (nSPS) is 13.8. The van der Waals surface area contributed by atoms with Crippen molar-refractivity contribution in [1.29, 1.82) is 0 Å². The molecule has 0 rings (SSSR count). The van der Waals surface area contributed by atoms with Crippen molar-refractivity contribution >= 4 is 0 Å². The SMILES string of the molecule is NCCCN(CN)CCC(N)O. The molecule has 1 unspecified atom stereocenters. The van der Waals surface area contributed by atoms with Crippen LogP contribution in [0, 0.1) is 0 Å². The number of hydrogen-bond donors (Lipinski definition) is 4. The van der Waals surface area contributed by atoms with Crippen LogP contribution in [0.5, 0.6) is 0 Å². The molecule has 5 heteroatoms. The third kappa shape index (κ3) is 6.51. The summed E-state index contributed by atoms with van der Waals surface area (Å²) in [6.07, 6.45) is 0.747. The zero-order valence-corrected chi connectivity index (χ0v) is 7.45. The minimum absolute atomic E-state index is 0.493. The Bertz CT molecular complexity index is 99.4. The summed E-state index contributed by atoms with van der Waals surface area (Å²) in [5.41, 5.74) is 16.0. The van der Waals surface area contributed by atoms with Crippen LogP contribution in [0.1, 0.15) is 12.8 Å².